The van der Waals surface area contributed by atoms with Crippen LogP contribution in [0.15, 0.2) is 12.3 Å². The number of anilines is 1. The fraction of sp³-hybridized carbons (Fsp3) is 0.733. The highest BCUT2D eigenvalue weighted by atomic mass is 16.5. The molecule has 21 heavy (non-hydrogen) atoms. The van der Waals surface area contributed by atoms with E-state index in [9.17, 15) is 0 Å². The third-order valence-corrected chi connectivity index (χ3v) is 3.60. The van der Waals surface area contributed by atoms with Crippen molar-refractivity contribution in [2.24, 2.45) is 5.73 Å². The zero-order valence-electron chi connectivity index (χ0n) is 12.8. The molecule has 0 unspecified atom stereocenters. The van der Waals surface area contributed by atoms with Crippen molar-refractivity contribution in [1.29, 1.82) is 0 Å². The minimum absolute atomic E-state index is 0.376. The van der Waals surface area contributed by atoms with E-state index >= 15 is 0 Å². The van der Waals surface area contributed by atoms with Gasteiger partial charge in [-0.05, 0) is 39.0 Å². The standard InChI is InChI=1S/C15H26N4O2/c1-2-20-14-8-10-18-15(19-14)17-9-3-11-21-13-6-4-12(16)5-7-13/h8,10,12-13H,2-7,9,11,16H2,1H3,(H,17,18,19). The summed E-state index contributed by atoms with van der Waals surface area (Å²) >= 11 is 0. The van der Waals surface area contributed by atoms with E-state index in [-0.39, 0.29) is 0 Å². The van der Waals surface area contributed by atoms with E-state index < -0.39 is 0 Å². The fourth-order valence-corrected chi connectivity index (χ4v) is 2.43. The Kier molecular flexibility index (Phi) is 6.69. The Labute approximate surface area is 126 Å². The van der Waals surface area contributed by atoms with Gasteiger partial charge in [-0.1, -0.05) is 0 Å². The molecule has 3 N–H and O–H groups in total. The molecule has 1 aromatic rings. The molecule has 0 bridgehead atoms. The average molecular weight is 294 g/mol. The van der Waals surface area contributed by atoms with E-state index in [2.05, 4.69) is 15.3 Å². The van der Waals surface area contributed by atoms with E-state index in [1.807, 2.05) is 6.92 Å². The molecule has 1 heterocycles. The van der Waals surface area contributed by atoms with Crippen molar-refractivity contribution in [3.8, 4) is 5.88 Å². The van der Waals surface area contributed by atoms with Crippen LogP contribution in [-0.4, -0.2) is 41.9 Å². The van der Waals surface area contributed by atoms with Crippen LogP contribution in [0.5, 0.6) is 5.88 Å². The minimum atomic E-state index is 0.376. The third-order valence-electron chi connectivity index (χ3n) is 3.60. The summed E-state index contributed by atoms with van der Waals surface area (Å²) in [5.74, 6) is 1.20. The van der Waals surface area contributed by atoms with Crippen LogP contribution in [0.4, 0.5) is 5.95 Å². The maximum atomic E-state index is 5.88. The van der Waals surface area contributed by atoms with Crippen molar-refractivity contribution in [3.63, 3.8) is 0 Å². The van der Waals surface area contributed by atoms with Gasteiger partial charge in [0.2, 0.25) is 11.8 Å². The third kappa shape index (κ3) is 5.85. The smallest absolute Gasteiger partial charge is 0.225 e. The van der Waals surface area contributed by atoms with Crippen molar-refractivity contribution in [2.75, 3.05) is 25.1 Å². The highest BCUT2D eigenvalue weighted by Crippen LogP contribution is 2.19. The molecule has 1 fully saturated rings. The Morgan fingerprint density at radius 3 is 2.90 bits per heavy atom. The average Bonchev–Trinajstić information content (AvgIpc) is 2.50. The van der Waals surface area contributed by atoms with Gasteiger partial charge in [0.15, 0.2) is 0 Å². The topological polar surface area (TPSA) is 82.3 Å². The molecule has 0 radical (unpaired) electrons. The van der Waals surface area contributed by atoms with Gasteiger partial charge in [-0.15, -0.1) is 0 Å². The second kappa shape index (κ2) is 8.79. The Morgan fingerprint density at radius 1 is 1.33 bits per heavy atom. The van der Waals surface area contributed by atoms with Crippen LogP contribution in [-0.2, 0) is 4.74 Å². The first-order valence-electron chi connectivity index (χ1n) is 7.85. The summed E-state index contributed by atoms with van der Waals surface area (Å²) < 4.78 is 11.2. The molecular weight excluding hydrogens is 268 g/mol. The van der Waals surface area contributed by atoms with Crippen LogP contribution in [0, 0.1) is 0 Å². The van der Waals surface area contributed by atoms with Gasteiger partial charge in [0.1, 0.15) is 0 Å². The number of nitrogens with two attached hydrogens (primary N) is 1. The summed E-state index contributed by atoms with van der Waals surface area (Å²) in [7, 11) is 0. The number of aromatic nitrogens is 2. The highest BCUT2D eigenvalue weighted by Gasteiger charge is 2.18. The number of rotatable bonds is 8. The number of hydrogen-bond acceptors (Lipinski definition) is 6. The molecule has 2 rings (SSSR count). The molecule has 1 saturated carbocycles. The van der Waals surface area contributed by atoms with Crippen molar-refractivity contribution in [1.82, 2.24) is 9.97 Å². The fourth-order valence-electron chi connectivity index (χ4n) is 2.43. The first-order chi connectivity index (χ1) is 10.3. The molecule has 118 valence electrons. The van der Waals surface area contributed by atoms with Crippen molar-refractivity contribution in [2.45, 2.75) is 51.2 Å². The molecular formula is C15H26N4O2. The predicted octanol–water partition coefficient (Wildman–Crippen LogP) is 1.96. The molecule has 6 heteroatoms. The van der Waals surface area contributed by atoms with Crippen molar-refractivity contribution < 1.29 is 9.47 Å². The first-order valence-corrected chi connectivity index (χ1v) is 7.85. The zero-order valence-corrected chi connectivity index (χ0v) is 12.8. The van der Waals surface area contributed by atoms with Crippen molar-refractivity contribution >= 4 is 5.95 Å². The minimum Gasteiger partial charge on any atom is -0.478 e. The summed E-state index contributed by atoms with van der Waals surface area (Å²) in [6, 6.07) is 2.13. The van der Waals surface area contributed by atoms with Crippen LogP contribution in [0.3, 0.4) is 0 Å². The Hall–Kier alpha value is -1.40. The van der Waals surface area contributed by atoms with E-state index in [0.717, 1.165) is 45.3 Å². The summed E-state index contributed by atoms with van der Waals surface area (Å²) in [6.07, 6.45) is 7.37. The van der Waals surface area contributed by atoms with E-state index in [1.165, 1.54) is 0 Å². The molecule has 0 aliphatic heterocycles. The quantitative estimate of drug-likeness (QED) is 0.713. The number of ether oxygens (including phenoxy) is 2. The number of nitrogens with one attached hydrogen (secondary N) is 1. The second-order valence-electron chi connectivity index (χ2n) is 5.34. The summed E-state index contributed by atoms with van der Waals surface area (Å²) in [5, 5.41) is 3.19. The lowest BCUT2D eigenvalue weighted by Gasteiger charge is -2.26. The summed E-state index contributed by atoms with van der Waals surface area (Å²) in [5.41, 5.74) is 5.88. The first kappa shape index (κ1) is 16.0. The van der Waals surface area contributed by atoms with E-state index in [1.54, 1.807) is 12.3 Å². The Morgan fingerprint density at radius 2 is 2.14 bits per heavy atom. The lowest BCUT2D eigenvalue weighted by molar-refractivity contribution is 0.0251. The van der Waals surface area contributed by atoms with Gasteiger partial charge < -0.3 is 20.5 Å². The van der Waals surface area contributed by atoms with Crippen LogP contribution in [0.25, 0.3) is 0 Å². The summed E-state index contributed by atoms with van der Waals surface area (Å²) in [6.45, 7) is 4.10. The molecule has 1 aromatic heterocycles. The molecule has 0 amide bonds. The zero-order chi connectivity index (χ0) is 14.9. The van der Waals surface area contributed by atoms with Gasteiger partial charge in [-0.2, -0.15) is 4.98 Å². The maximum Gasteiger partial charge on any atom is 0.225 e. The molecule has 1 aliphatic carbocycles. The number of nitrogens with zero attached hydrogens (tertiary/aromatic N) is 2. The lowest BCUT2D eigenvalue weighted by atomic mass is 9.94. The molecule has 0 atom stereocenters. The van der Waals surface area contributed by atoms with Gasteiger partial charge in [0, 0.05) is 31.5 Å². The van der Waals surface area contributed by atoms with Crippen LogP contribution in [0.2, 0.25) is 0 Å². The van der Waals surface area contributed by atoms with Gasteiger partial charge >= 0.3 is 0 Å². The SMILES string of the molecule is CCOc1ccnc(NCCCOC2CCC(N)CC2)n1. The summed E-state index contributed by atoms with van der Waals surface area (Å²) in [4.78, 5) is 8.42. The maximum absolute atomic E-state index is 5.88. The molecule has 0 aromatic carbocycles. The second-order valence-corrected chi connectivity index (χ2v) is 5.34. The number of hydrogen-bond donors (Lipinski definition) is 2. The molecule has 6 nitrogen and oxygen atoms in total. The van der Waals surface area contributed by atoms with Gasteiger partial charge in [0.25, 0.3) is 0 Å². The van der Waals surface area contributed by atoms with E-state index in [0.29, 0.717) is 30.6 Å². The van der Waals surface area contributed by atoms with Crippen molar-refractivity contribution in [3.05, 3.63) is 12.3 Å². The normalized spacial score (nSPS) is 22.0. The Balaban J connectivity index is 1.58. The molecule has 0 saturated heterocycles. The van der Waals surface area contributed by atoms with Gasteiger partial charge in [-0.3, -0.25) is 0 Å². The van der Waals surface area contributed by atoms with Crippen LogP contribution in [0.1, 0.15) is 39.0 Å². The lowest BCUT2D eigenvalue weighted by Crippen LogP contribution is -2.30. The van der Waals surface area contributed by atoms with E-state index in [4.69, 9.17) is 15.2 Å². The monoisotopic (exact) mass is 294 g/mol. The van der Waals surface area contributed by atoms with Gasteiger partial charge in [-0.25, -0.2) is 4.98 Å². The Bertz CT molecular complexity index is 408. The van der Waals surface area contributed by atoms with Crippen LogP contribution < -0.4 is 15.8 Å². The molecule has 0 spiro atoms. The highest BCUT2D eigenvalue weighted by molar-refractivity contribution is 5.27. The van der Waals surface area contributed by atoms with Crippen LogP contribution >= 0.6 is 0 Å². The largest absolute Gasteiger partial charge is 0.478 e. The van der Waals surface area contributed by atoms with Gasteiger partial charge in [0.05, 0.1) is 12.7 Å². The molecule has 1 aliphatic rings. The predicted molar refractivity (Wildman–Crippen MR) is 82.5 cm³/mol.